The van der Waals surface area contributed by atoms with Crippen molar-refractivity contribution >= 4 is 31.6 Å². The van der Waals surface area contributed by atoms with Gasteiger partial charge in [0.05, 0.1) is 15.1 Å². The minimum Gasteiger partial charge on any atom is -0.492 e. The van der Waals surface area contributed by atoms with Crippen LogP contribution in [0.5, 0.6) is 5.75 Å². The Hall–Kier alpha value is -2.16. The predicted octanol–water partition coefficient (Wildman–Crippen LogP) is 4.30. The molecule has 8 heteroatoms. The Kier molecular flexibility index (Phi) is 6.40. The normalized spacial score (nSPS) is 12.6. The molecule has 0 atom stereocenters. The van der Waals surface area contributed by atoms with E-state index in [2.05, 4.69) is 25.5 Å². The van der Waals surface area contributed by atoms with Crippen molar-refractivity contribution in [1.29, 1.82) is 0 Å². The molecular formula is C22H28N2O4S2. The summed E-state index contributed by atoms with van der Waals surface area (Å²) in [6.07, 6.45) is 0. The molecule has 0 aliphatic carbocycles. The summed E-state index contributed by atoms with van der Waals surface area (Å²) in [4.78, 5) is 12.2. The Balaban J connectivity index is 1.70. The molecule has 3 rings (SSSR count). The van der Waals surface area contributed by atoms with E-state index in [1.165, 1.54) is 6.07 Å². The SMILES string of the molecule is CC(C)n1c(=O)sc2cc(S(=O)(=O)NCCOc3ccccc3C(C)(C)C)ccc21. The van der Waals surface area contributed by atoms with Crippen LogP contribution in [0.2, 0.25) is 0 Å². The summed E-state index contributed by atoms with van der Waals surface area (Å²) in [5, 5.41) is 0. The van der Waals surface area contributed by atoms with Crippen molar-refractivity contribution in [2.45, 2.75) is 51.0 Å². The molecule has 0 aliphatic heterocycles. The van der Waals surface area contributed by atoms with Crippen molar-refractivity contribution in [3.8, 4) is 5.75 Å². The standard InChI is InChI=1S/C22H28N2O4S2/c1-15(2)24-18-11-10-16(14-20(18)29-21(24)25)30(26,27)23-12-13-28-19-9-7-6-8-17(19)22(3,4)5/h6-11,14-15,23H,12-13H2,1-5H3. The van der Waals surface area contributed by atoms with E-state index in [1.807, 2.05) is 38.1 Å². The van der Waals surface area contributed by atoms with Crippen LogP contribution in [-0.4, -0.2) is 26.1 Å². The number of nitrogens with one attached hydrogen (secondary N) is 1. The fourth-order valence-corrected chi connectivity index (χ4v) is 5.47. The van der Waals surface area contributed by atoms with Gasteiger partial charge in [-0.3, -0.25) is 9.36 Å². The van der Waals surface area contributed by atoms with E-state index in [-0.39, 0.29) is 34.4 Å². The van der Waals surface area contributed by atoms with Gasteiger partial charge >= 0.3 is 4.87 Å². The summed E-state index contributed by atoms with van der Waals surface area (Å²) in [6, 6.07) is 12.6. The highest BCUT2D eigenvalue weighted by Crippen LogP contribution is 2.30. The maximum Gasteiger partial charge on any atom is 0.308 e. The highest BCUT2D eigenvalue weighted by molar-refractivity contribution is 7.89. The van der Waals surface area contributed by atoms with Gasteiger partial charge in [-0.15, -0.1) is 0 Å². The fourth-order valence-electron chi connectivity index (χ4n) is 3.31. The predicted molar refractivity (Wildman–Crippen MR) is 122 cm³/mol. The second-order valence-corrected chi connectivity index (χ2v) is 11.2. The van der Waals surface area contributed by atoms with Crippen LogP contribution < -0.4 is 14.3 Å². The number of hydrogen-bond acceptors (Lipinski definition) is 5. The third kappa shape index (κ3) is 4.77. The average Bonchev–Trinajstić information content (AvgIpc) is 3.00. The van der Waals surface area contributed by atoms with Gasteiger partial charge in [0.1, 0.15) is 12.4 Å². The maximum atomic E-state index is 12.7. The quantitative estimate of drug-likeness (QED) is 0.547. The molecule has 0 saturated heterocycles. The third-order valence-electron chi connectivity index (χ3n) is 4.76. The molecule has 6 nitrogen and oxygen atoms in total. The van der Waals surface area contributed by atoms with Crippen LogP contribution in [0.4, 0.5) is 0 Å². The van der Waals surface area contributed by atoms with E-state index < -0.39 is 10.0 Å². The number of thiazole rings is 1. The second kappa shape index (κ2) is 8.53. The first-order valence-electron chi connectivity index (χ1n) is 9.88. The lowest BCUT2D eigenvalue weighted by Crippen LogP contribution is -2.28. The Morgan fingerprint density at radius 3 is 2.50 bits per heavy atom. The highest BCUT2D eigenvalue weighted by atomic mass is 32.2. The molecule has 1 N–H and O–H groups in total. The smallest absolute Gasteiger partial charge is 0.308 e. The van der Waals surface area contributed by atoms with Gasteiger partial charge in [-0.1, -0.05) is 50.3 Å². The largest absolute Gasteiger partial charge is 0.492 e. The molecule has 0 spiro atoms. The molecule has 0 amide bonds. The summed E-state index contributed by atoms with van der Waals surface area (Å²) in [5.74, 6) is 0.755. The van der Waals surface area contributed by atoms with Crippen molar-refractivity contribution in [3.05, 3.63) is 57.7 Å². The van der Waals surface area contributed by atoms with Crippen LogP contribution >= 0.6 is 11.3 Å². The lowest BCUT2D eigenvalue weighted by Gasteiger charge is -2.22. The summed E-state index contributed by atoms with van der Waals surface area (Å²) < 4.78 is 36.1. The Bertz CT molecular complexity index is 1200. The van der Waals surface area contributed by atoms with Crippen molar-refractivity contribution in [2.75, 3.05) is 13.2 Å². The molecule has 0 radical (unpaired) electrons. The van der Waals surface area contributed by atoms with Gasteiger partial charge in [0, 0.05) is 12.6 Å². The van der Waals surface area contributed by atoms with E-state index in [0.717, 1.165) is 28.2 Å². The number of fused-ring (bicyclic) bond motifs is 1. The van der Waals surface area contributed by atoms with Crippen LogP contribution in [0.3, 0.4) is 0 Å². The molecular weight excluding hydrogens is 420 g/mol. The summed E-state index contributed by atoms with van der Waals surface area (Å²) >= 11 is 1.06. The lowest BCUT2D eigenvalue weighted by atomic mass is 9.86. The monoisotopic (exact) mass is 448 g/mol. The summed E-state index contributed by atoms with van der Waals surface area (Å²) in [7, 11) is -3.70. The van der Waals surface area contributed by atoms with Crippen molar-refractivity contribution in [1.82, 2.24) is 9.29 Å². The molecule has 2 aromatic carbocycles. The average molecular weight is 449 g/mol. The molecule has 1 aromatic heterocycles. The highest BCUT2D eigenvalue weighted by Gasteiger charge is 2.19. The first kappa shape index (κ1) is 22.5. The molecule has 0 aliphatic rings. The topological polar surface area (TPSA) is 77.4 Å². The number of ether oxygens (including phenoxy) is 1. The molecule has 3 aromatic rings. The molecule has 30 heavy (non-hydrogen) atoms. The molecule has 0 unspecified atom stereocenters. The van der Waals surface area contributed by atoms with Crippen LogP contribution in [0, 0.1) is 0 Å². The molecule has 0 bridgehead atoms. The number of aromatic nitrogens is 1. The zero-order chi connectivity index (χ0) is 22.1. The van der Waals surface area contributed by atoms with Gasteiger partial charge in [-0.05, 0) is 49.1 Å². The van der Waals surface area contributed by atoms with Gasteiger partial charge in [0.2, 0.25) is 10.0 Å². The third-order valence-corrected chi connectivity index (χ3v) is 7.14. The van der Waals surface area contributed by atoms with Gasteiger partial charge in [-0.25, -0.2) is 13.1 Å². The van der Waals surface area contributed by atoms with E-state index in [1.54, 1.807) is 16.7 Å². The van der Waals surface area contributed by atoms with Crippen LogP contribution in [-0.2, 0) is 15.4 Å². The number of hydrogen-bond donors (Lipinski definition) is 1. The summed E-state index contributed by atoms with van der Waals surface area (Å²) in [6.45, 7) is 10.5. The number of nitrogens with zero attached hydrogens (tertiary/aromatic N) is 1. The van der Waals surface area contributed by atoms with Gasteiger partial charge in [0.25, 0.3) is 0 Å². The molecule has 0 fully saturated rings. The number of sulfonamides is 1. The lowest BCUT2D eigenvalue weighted by molar-refractivity contribution is 0.314. The molecule has 0 saturated carbocycles. The van der Waals surface area contributed by atoms with Gasteiger partial charge in [0.15, 0.2) is 0 Å². The Morgan fingerprint density at radius 1 is 1.13 bits per heavy atom. The Labute approximate surface area is 181 Å². The minimum absolute atomic E-state index is 0.0138. The number of rotatable bonds is 7. The Morgan fingerprint density at radius 2 is 1.83 bits per heavy atom. The van der Waals surface area contributed by atoms with Gasteiger partial charge in [-0.2, -0.15) is 0 Å². The van der Waals surface area contributed by atoms with Crippen molar-refractivity contribution in [3.63, 3.8) is 0 Å². The van der Waals surface area contributed by atoms with Crippen molar-refractivity contribution < 1.29 is 13.2 Å². The van der Waals surface area contributed by atoms with Gasteiger partial charge < -0.3 is 4.74 Å². The number of para-hydroxylation sites is 1. The van der Waals surface area contributed by atoms with E-state index in [0.29, 0.717) is 4.70 Å². The fraction of sp³-hybridized carbons (Fsp3) is 0.409. The maximum absolute atomic E-state index is 12.7. The number of benzene rings is 2. The minimum atomic E-state index is -3.70. The summed E-state index contributed by atoms with van der Waals surface area (Å²) in [5.41, 5.74) is 1.75. The zero-order valence-corrected chi connectivity index (χ0v) is 19.6. The molecule has 1 heterocycles. The van der Waals surface area contributed by atoms with Crippen molar-refractivity contribution in [2.24, 2.45) is 0 Å². The first-order valence-corrected chi connectivity index (χ1v) is 12.2. The second-order valence-electron chi connectivity index (χ2n) is 8.45. The van der Waals surface area contributed by atoms with Crippen LogP contribution in [0.15, 0.2) is 52.2 Å². The zero-order valence-electron chi connectivity index (χ0n) is 17.9. The van der Waals surface area contributed by atoms with E-state index in [9.17, 15) is 13.2 Å². The first-order chi connectivity index (χ1) is 14.0. The van der Waals surface area contributed by atoms with E-state index >= 15 is 0 Å². The van der Waals surface area contributed by atoms with Crippen LogP contribution in [0.1, 0.15) is 46.2 Å². The molecule has 162 valence electrons. The van der Waals surface area contributed by atoms with Crippen LogP contribution in [0.25, 0.3) is 10.2 Å². The van der Waals surface area contributed by atoms with E-state index in [4.69, 9.17) is 4.74 Å².